The van der Waals surface area contributed by atoms with Crippen LogP contribution in [0.15, 0.2) is 53.5 Å². The standard InChI is InChI=1S/C22H23ClN2O/c1-5-26-20-11-9-19(10-12-20)25-15(2)13-18(17(25)4)14-24-22-8-6-7-21(23)16(22)3/h6-14H,5H2,1-4H3. The maximum Gasteiger partial charge on any atom is 0.119 e. The Kier molecular flexibility index (Phi) is 5.48. The third-order valence-corrected chi connectivity index (χ3v) is 4.87. The maximum absolute atomic E-state index is 6.18. The van der Waals surface area contributed by atoms with Crippen molar-refractivity contribution in [1.82, 2.24) is 4.57 Å². The summed E-state index contributed by atoms with van der Waals surface area (Å²) in [5.74, 6) is 0.886. The first-order valence-corrected chi connectivity index (χ1v) is 9.10. The van der Waals surface area contributed by atoms with Gasteiger partial charge in [-0.1, -0.05) is 17.7 Å². The van der Waals surface area contributed by atoms with Crippen molar-refractivity contribution in [3.8, 4) is 11.4 Å². The van der Waals surface area contributed by atoms with Crippen LogP contribution in [0, 0.1) is 20.8 Å². The summed E-state index contributed by atoms with van der Waals surface area (Å²) in [5, 5.41) is 0.736. The lowest BCUT2D eigenvalue weighted by Crippen LogP contribution is -2.00. The van der Waals surface area contributed by atoms with E-state index in [1.165, 1.54) is 0 Å². The summed E-state index contributed by atoms with van der Waals surface area (Å²) in [6.07, 6.45) is 1.91. The molecular formula is C22H23ClN2O. The van der Waals surface area contributed by atoms with Crippen molar-refractivity contribution in [3.63, 3.8) is 0 Å². The molecule has 3 nitrogen and oxygen atoms in total. The van der Waals surface area contributed by atoms with Crippen molar-refractivity contribution in [1.29, 1.82) is 0 Å². The van der Waals surface area contributed by atoms with Gasteiger partial charge in [-0.25, -0.2) is 0 Å². The van der Waals surface area contributed by atoms with Crippen LogP contribution in [0.1, 0.15) is 29.4 Å². The summed E-state index contributed by atoms with van der Waals surface area (Å²) in [6, 6.07) is 16.1. The molecule has 0 aliphatic carbocycles. The first kappa shape index (κ1) is 18.3. The number of rotatable bonds is 5. The van der Waals surface area contributed by atoms with E-state index >= 15 is 0 Å². The second kappa shape index (κ2) is 7.79. The Morgan fingerprint density at radius 3 is 2.50 bits per heavy atom. The number of aryl methyl sites for hydroxylation is 1. The molecule has 2 aromatic carbocycles. The number of halogens is 1. The molecule has 4 heteroatoms. The lowest BCUT2D eigenvalue weighted by Gasteiger charge is -2.11. The average molecular weight is 367 g/mol. The molecule has 0 aliphatic rings. The molecule has 0 atom stereocenters. The molecule has 0 saturated heterocycles. The fourth-order valence-corrected chi connectivity index (χ4v) is 3.22. The van der Waals surface area contributed by atoms with Crippen LogP contribution >= 0.6 is 11.6 Å². The number of nitrogens with zero attached hydrogens (tertiary/aromatic N) is 2. The van der Waals surface area contributed by atoms with Gasteiger partial charge in [-0.15, -0.1) is 0 Å². The van der Waals surface area contributed by atoms with Gasteiger partial charge in [-0.3, -0.25) is 4.99 Å². The van der Waals surface area contributed by atoms with Gasteiger partial charge in [0.1, 0.15) is 5.75 Å². The van der Waals surface area contributed by atoms with Gasteiger partial charge in [0.2, 0.25) is 0 Å². The van der Waals surface area contributed by atoms with E-state index in [1.807, 2.05) is 50.4 Å². The summed E-state index contributed by atoms with van der Waals surface area (Å²) < 4.78 is 7.75. The van der Waals surface area contributed by atoms with E-state index in [0.717, 1.165) is 44.7 Å². The SMILES string of the molecule is CCOc1ccc(-n2c(C)cc(C=Nc3cccc(Cl)c3C)c2C)cc1. The predicted octanol–water partition coefficient (Wildman–Crippen LogP) is 6.21. The van der Waals surface area contributed by atoms with Crippen LogP contribution in [0.2, 0.25) is 5.02 Å². The van der Waals surface area contributed by atoms with Crippen molar-refractivity contribution in [2.45, 2.75) is 27.7 Å². The Hall–Kier alpha value is -2.52. The molecule has 3 aromatic rings. The van der Waals surface area contributed by atoms with E-state index < -0.39 is 0 Å². The number of aromatic nitrogens is 1. The largest absolute Gasteiger partial charge is 0.494 e. The normalized spacial score (nSPS) is 11.3. The molecule has 1 heterocycles. The van der Waals surface area contributed by atoms with Gasteiger partial charge in [0.25, 0.3) is 0 Å². The van der Waals surface area contributed by atoms with Crippen LogP contribution in [0.5, 0.6) is 5.75 Å². The molecule has 0 saturated carbocycles. The highest BCUT2D eigenvalue weighted by Gasteiger charge is 2.10. The summed E-state index contributed by atoms with van der Waals surface area (Å²) in [4.78, 5) is 4.64. The Labute approximate surface area is 159 Å². The van der Waals surface area contributed by atoms with Crippen LogP contribution in [0.3, 0.4) is 0 Å². The van der Waals surface area contributed by atoms with E-state index in [-0.39, 0.29) is 0 Å². The summed E-state index contributed by atoms with van der Waals surface area (Å²) in [6.45, 7) is 8.85. The second-order valence-electron chi connectivity index (χ2n) is 6.23. The molecule has 0 fully saturated rings. The van der Waals surface area contributed by atoms with Gasteiger partial charge in [-0.2, -0.15) is 0 Å². The third-order valence-electron chi connectivity index (χ3n) is 4.46. The monoisotopic (exact) mass is 366 g/mol. The molecular weight excluding hydrogens is 344 g/mol. The highest BCUT2D eigenvalue weighted by atomic mass is 35.5. The Balaban J connectivity index is 1.93. The van der Waals surface area contributed by atoms with Gasteiger partial charge >= 0.3 is 0 Å². The first-order valence-electron chi connectivity index (χ1n) is 8.72. The quantitative estimate of drug-likeness (QED) is 0.493. The lowest BCUT2D eigenvalue weighted by atomic mass is 10.2. The van der Waals surface area contributed by atoms with Crippen molar-refractivity contribution in [2.75, 3.05) is 6.61 Å². The Morgan fingerprint density at radius 1 is 1.08 bits per heavy atom. The van der Waals surface area contributed by atoms with Gasteiger partial charge in [0, 0.05) is 33.9 Å². The minimum Gasteiger partial charge on any atom is -0.494 e. The van der Waals surface area contributed by atoms with Crippen molar-refractivity contribution in [3.05, 3.63) is 76.1 Å². The Morgan fingerprint density at radius 2 is 1.81 bits per heavy atom. The predicted molar refractivity (Wildman–Crippen MR) is 110 cm³/mol. The molecule has 3 rings (SSSR count). The van der Waals surface area contributed by atoms with Crippen LogP contribution in [0.25, 0.3) is 5.69 Å². The lowest BCUT2D eigenvalue weighted by molar-refractivity contribution is 0.340. The van der Waals surface area contributed by atoms with Crippen molar-refractivity contribution < 1.29 is 4.74 Å². The van der Waals surface area contributed by atoms with Gasteiger partial charge < -0.3 is 9.30 Å². The minimum absolute atomic E-state index is 0.671. The molecule has 0 bridgehead atoms. The fourth-order valence-electron chi connectivity index (χ4n) is 3.05. The zero-order valence-electron chi connectivity index (χ0n) is 15.6. The molecule has 0 aliphatic heterocycles. The molecule has 1 aromatic heterocycles. The van der Waals surface area contributed by atoms with Gasteiger partial charge in [-0.05, 0) is 75.7 Å². The first-order chi connectivity index (χ1) is 12.5. The molecule has 0 spiro atoms. The zero-order valence-corrected chi connectivity index (χ0v) is 16.3. The van der Waals surface area contributed by atoms with E-state index in [9.17, 15) is 0 Å². The smallest absolute Gasteiger partial charge is 0.119 e. The molecule has 26 heavy (non-hydrogen) atoms. The van der Waals surface area contributed by atoms with E-state index in [1.54, 1.807) is 0 Å². The molecule has 0 N–H and O–H groups in total. The number of hydrogen-bond donors (Lipinski definition) is 0. The van der Waals surface area contributed by atoms with Crippen LogP contribution in [0.4, 0.5) is 5.69 Å². The molecule has 0 radical (unpaired) electrons. The molecule has 0 unspecified atom stereocenters. The number of ether oxygens (including phenoxy) is 1. The van der Waals surface area contributed by atoms with E-state index in [0.29, 0.717) is 6.61 Å². The number of aliphatic imine (C=N–C) groups is 1. The number of benzene rings is 2. The van der Waals surface area contributed by atoms with Crippen LogP contribution in [-0.2, 0) is 0 Å². The van der Waals surface area contributed by atoms with E-state index in [2.05, 4.69) is 41.6 Å². The Bertz CT molecular complexity index is 940. The highest BCUT2D eigenvalue weighted by Crippen LogP contribution is 2.26. The van der Waals surface area contributed by atoms with Crippen molar-refractivity contribution in [2.24, 2.45) is 4.99 Å². The fraction of sp³-hybridized carbons (Fsp3) is 0.227. The zero-order chi connectivity index (χ0) is 18.7. The third kappa shape index (κ3) is 3.68. The second-order valence-corrected chi connectivity index (χ2v) is 6.64. The maximum atomic E-state index is 6.18. The van der Waals surface area contributed by atoms with Gasteiger partial charge in [0.15, 0.2) is 0 Å². The number of hydrogen-bond acceptors (Lipinski definition) is 2. The van der Waals surface area contributed by atoms with Crippen LogP contribution in [-0.4, -0.2) is 17.4 Å². The van der Waals surface area contributed by atoms with Crippen molar-refractivity contribution >= 4 is 23.5 Å². The molecule has 134 valence electrons. The summed E-state index contributed by atoms with van der Waals surface area (Å²) >= 11 is 6.18. The molecule has 0 amide bonds. The summed E-state index contributed by atoms with van der Waals surface area (Å²) in [5.41, 5.74) is 6.40. The minimum atomic E-state index is 0.671. The van der Waals surface area contributed by atoms with E-state index in [4.69, 9.17) is 16.3 Å². The highest BCUT2D eigenvalue weighted by molar-refractivity contribution is 6.31. The summed E-state index contributed by atoms with van der Waals surface area (Å²) in [7, 11) is 0. The average Bonchev–Trinajstić information content (AvgIpc) is 2.91. The van der Waals surface area contributed by atoms with Gasteiger partial charge in [0.05, 0.1) is 12.3 Å². The van der Waals surface area contributed by atoms with Crippen LogP contribution < -0.4 is 4.74 Å². The topological polar surface area (TPSA) is 26.5 Å².